The minimum atomic E-state index is 0.170. The molecule has 0 atom stereocenters. The summed E-state index contributed by atoms with van der Waals surface area (Å²) in [5.41, 5.74) is 1.15. The van der Waals surface area contributed by atoms with Crippen LogP contribution in [-0.2, 0) is 6.61 Å². The predicted octanol–water partition coefficient (Wildman–Crippen LogP) is 3.95. The van der Waals surface area contributed by atoms with Crippen LogP contribution in [0.15, 0.2) is 54.6 Å². The molecule has 0 aromatic heterocycles. The number of nitrogens with zero attached hydrogens (tertiary/aromatic N) is 1. The molecular formula is C18H17NO2. The first kappa shape index (κ1) is 13.5. The van der Waals surface area contributed by atoms with E-state index in [4.69, 9.17) is 14.7 Å². The Morgan fingerprint density at radius 3 is 2.29 bits per heavy atom. The zero-order valence-corrected chi connectivity index (χ0v) is 11.7. The highest BCUT2D eigenvalue weighted by molar-refractivity contribution is 5.32. The predicted molar refractivity (Wildman–Crippen MR) is 80.0 cm³/mol. The first-order valence-corrected chi connectivity index (χ1v) is 7.16. The molecule has 0 radical (unpaired) electrons. The van der Waals surface area contributed by atoms with Gasteiger partial charge in [-0.15, -0.1) is 0 Å². The highest BCUT2D eigenvalue weighted by Gasteiger charge is 2.30. The van der Waals surface area contributed by atoms with Crippen LogP contribution in [0.5, 0.6) is 11.5 Å². The van der Waals surface area contributed by atoms with Gasteiger partial charge in [0.25, 0.3) is 0 Å². The fourth-order valence-electron chi connectivity index (χ4n) is 2.32. The van der Waals surface area contributed by atoms with Crippen LogP contribution >= 0.6 is 0 Å². The van der Waals surface area contributed by atoms with Crippen molar-refractivity contribution in [3.63, 3.8) is 0 Å². The molecule has 0 aliphatic heterocycles. The molecule has 3 nitrogen and oxygen atoms in total. The van der Waals surface area contributed by atoms with E-state index in [2.05, 4.69) is 6.07 Å². The minimum Gasteiger partial charge on any atom is -0.490 e. The van der Waals surface area contributed by atoms with Gasteiger partial charge < -0.3 is 9.47 Å². The maximum absolute atomic E-state index is 8.74. The van der Waals surface area contributed by atoms with Crippen LogP contribution in [0.25, 0.3) is 0 Å². The Morgan fingerprint density at radius 2 is 1.62 bits per heavy atom. The van der Waals surface area contributed by atoms with Crippen molar-refractivity contribution in [2.75, 3.05) is 0 Å². The standard InChI is InChI=1S/C18H17NO2/c19-12-15-10-18(11-15)21-17-8-6-16(7-9-17)20-13-14-4-2-1-3-5-14/h1-9,15,18H,10-11,13H2/t15-,18+. The summed E-state index contributed by atoms with van der Waals surface area (Å²) in [6.07, 6.45) is 1.86. The van der Waals surface area contributed by atoms with Crippen LogP contribution in [0.1, 0.15) is 18.4 Å². The van der Waals surface area contributed by atoms with Crippen LogP contribution in [0, 0.1) is 17.2 Å². The molecule has 21 heavy (non-hydrogen) atoms. The van der Waals surface area contributed by atoms with E-state index in [1.54, 1.807) is 0 Å². The summed E-state index contributed by atoms with van der Waals surface area (Å²) in [5, 5.41) is 8.74. The zero-order valence-electron chi connectivity index (χ0n) is 11.7. The van der Waals surface area contributed by atoms with Crippen LogP contribution in [0.3, 0.4) is 0 Å². The highest BCUT2D eigenvalue weighted by Crippen LogP contribution is 2.31. The van der Waals surface area contributed by atoms with Gasteiger partial charge in [-0.3, -0.25) is 0 Å². The van der Waals surface area contributed by atoms with E-state index in [1.165, 1.54) is 0 Å². The second-order valence-corrected chi connectivity index (χ2v) is 5.28. The highest BCUT2D eigenvalue weighted by atomic mass is 16.5. The van der Waals surface area contributed by atoms with Crippen molar-refractivity contribution in [1.29, 1.82) is 5.26 Å². The monoisotopic (exact) mass is 279 g/mol. The van der Waals surface area contributed by atoms with Crippen molar-refractivity contribution >= 4 is 0 Å². The SMILES string of the molecule is N#C[C@H]1C[C@@H](Oc2ccc(OCc3ccccc3)cc2)C1. The fraction of sp³-hybridized carbons (Fsp3) is 0.278. The topological polar surface area (TPSA) is 42.2 Å². The lowest BCUT2D eigenvalue weighted by Gasteiger charge is -2.30. The van der Waals surface area contributed by atoms with E-state index in [0.29, 0.717) is 6.61 Å². The molecule has 0 amide bonds. The summed E-state index contributed by atoms with van der Waals surface area (Å²) in [6, 6.07) is 20.0. The lowest BCUT2D eigenvalue weighted by atomic mass is 9.83. The molecule has 0 bridgehead atoms. The lowest BCUT2D eigenvalue weighted by molar-refractivity contribution is 0.0892. The van der Waals surface area contributed by atoms with Gasteiger partial charge in [-0.2, -0.15) is 5.26 Å². The molecule has 3 heteroatoms. The van der Waals surface area contributed by atoms with E-state index in [0.717, 1.165) is 29.9 Å². The van der Waals surface area contributed by atoms with Crippen molar-refractivity contribution in [2.45, 2.75) is 25.6 Å². The summed E-state index contributed by atoms with van der Waals surface area (Å²) in [6.45, 7) is 0.563. The Kier molecular flexibility index (Phi) is 4.07. The summed E-state index contributed by atoms with van der Waals surface area (Å²) in [4.78, 5) is 0. The Morgan fingerprint density at radius 1 is 0.952 bits per heavy atom. The second kappa shape index (κ2) is 6.32. The Balaban J connectivity index is 1.49. The number of ether oxygens (including phenoxy) is 2. The van der Waals surface area contributed by atoms with Gasteiger partial charge in [0.2, 0.25) is 0 Å². The Bertz CT molecular complexity index is 610. The summed E-state index contributed by atoms with van der Waals surface area (Å²) in [7, 11) is 0. The van der Waals surface area contributed by atoms with E-state index in [-0.39, 0.29) is 12.0 Å². The fourth-order valence-corrected chi connectivity index (χ4v) is 2.32. The van der Waals surface area contributed by atoms with Gasteiger partial charge in [0, 0.05) is 12.8 Å². The van der Waals surface area contributed by atoms with Gasteiger partial charge in [-0.05, 0) is 29.8 Å². The third-order valence-electron chi connectivity index (χ3n) is 3.65. The molecule has 0 unspecified atom stereocenters. The van der Waals surface area contributed by atoms with Gasteiger partial charge in [-0.25, -0.2) is 0 Å². The van der Waals surface area contributed by atoms with Gasteiger partial charge in [0.05, 0.1) is 12.0 Å². The number of rotatable bonds is 5. The van der Waals surface area contributed by atoms with Gasteiger partial charge >= 0.3 is 0 Å². The minimum absolute atomic E-state index is 0.170. The number of hydrogen-bond donors (Lipinski definition) is 0. The number of hydrogen-bond acceptors (Lipinski definition) is 3. The van der Waals surface area contributed by atoms with Crippen LogP contribution in [-0.4, -0.2) is 6.10 Å². The lowest BCUT2D eigenvalue weighted by Crippen LogP contribution is -2.32. The Labute approximate surface area is 124 Å². The second-order valence-electron chi connectivity index (χ2n) is 5.28. The van der Waals surface area contributed by atoms with E-state index in [1.807, 2.05) is 54.6 Å². The molecule has 2 aromatic rings. The van der Waals surface area contributed by atoms with Crippen LogP contribution in [0.4, 0.5) is 0 Å². The average molecular weight is 279 g/mol. The zero-order chi connectivity index (χ0) is 14.5. The average Bonchev–Trinajstić information content (AvgIpc) is 2.50. The maximum Gasteiger partial charge on any atom is 0.120 e. The maximum atomic E-state index is 8.74. The van der Waals surface area contributed by atoms with Crippen molar-refractivity contribution in [3.8, 4) is 17.6 Å². The van der Waals surface area contributed by atoms with Crippen LogP contribution < -0.4 is 9.47 Å². The quantitative estimate of drug-likeness (QED) is 0.832. The molecule has 1 aliphatic carbocycles. The van der Waals surface area contributed by atoms with Crippen LogP contribution in [0.2, 0.25) is 0 Å². The van der Waals surface area contributed by atoms with Crippen molar-refractivity contribution in [3.05, 3.63) is 60.2 Å². The summed E-state index contributed by atoms with van der Waals surface area (Å²) >= 11 is 0. The molecule has 0 heterocycles. The van der Waals surface area contributed by atoms with Gasteiger partial charge in [0.15, 0.2) is 0 Å². The van der Waals surface area contributed by atoms with Gasteiger partial charge in [-0.1, -0.05) is 30.3 Å². The third kappa shape index (κ3) is 3.55. The number of benzene rings is 2. The molecule has 0 spiro atoms. The molecule has 2 aromatic carbocycles. The summed E-state index contributed by atoms with van der Waals surface area (Å²) < 4.78 is 11.5. The van der Waals surface area contributed by atoms with Crippen molar-refractivity contribution in [1.82, 2.24) is 0 Å². The summed E-state index contributed by atoms with van der Waals surface area (Å²) in [5.74, 6) is 1.83. The molecule has 106 valence electrons. The molecule has 3 rings (SSSR count). The Hall–Kier alpha value is -2.47. The number of nitriles is 1. The largest absolute Gasteiger partial charge is 0.490 e. The molecular weight excluding hydrogens is 262 g/mol. The van der Waals surface area contributed by atoms with E-state index < -0.39 is 0 Å². The molecule has 1 aliphatic rings. The first-order valence-electron chi connectivity index (χ1n) is 7.16. The van der Waals surface area contributed by atoms with E-state index in [9.17, 15) is 0 Å². The normalized spacial score (nSPS) is 20.1. The molecule has 1 saturated carbocycles. The molecule has 1 fully saturated rings. The van der Waals surface area contributed by atoms with E-state index >= 15 is 0 Å². The first-order chi connectivity index (χ1) is 10.3. The third-order valence-corrected chi connectivity index (χ3v) is 3.65. The van der Waals surface area contributed by atoms with Crippen molar-refractivity contribution < 1.29 is 9.47 Å². The molecule has 0 N–H and O–H groups in total. The molecule has 0 saturated heterocycles. The van der Waals surface area contributed by atoms with Crippen molar-refractivity contribution in [2.24, 2.45) is 5.92 Å². The van der Waals surface area contributed by atoms with Gasteiger partial charge in [0.1, 0.15) is 24.2 Å². The smallest absolute Gasteiger partial charge is 0.120 e.